The first-order valence-electron chi connectivity index (χ1n) is 3.91. The number of carbonyl (C=O) groups is 1. The van der Waals surface area contributed by atoms with Gasteiger partial charge in [-0.1, -0.05) is 0 Å². The first-order chi connectivity index (χ1) is 6.11. The summed E-state index contributed by atoms with van der Waals surface area (Å²) in [5, 5.41) is 2.81. The van der Waals surface area contributed by atoms with Crippen molar-refractivity contribution in [2.75, 3.05) is 26.9 Å². The summed E-state index contributed by atoms with van der Waals surface area (Å²) in [6.45, 7) is 0.935. The van der Waals surface area contributed by atoms with Gasteiger partial charge in [0.2, 0.25) is 5.91 Å². The molecule has 6 nitrogen and oxygen atoms in total. The number of primary amides is 1. The maximum Gasteiger partial charge on any atom is 0.236 e. The lowest BCUT2D eigenvalue weighted by molar-refractivity contribution is -0.117. The Balaban J connectivity index is 2.55. The molecule has 0 aliphatic carbocycles. The van der Waals surface area contributed by atoms with Crippen molar-refractivity contribution in [2.24, 2.45) is 11.5 Å². The molecule has 0 saturated heterocycles. The normalized spacial score (nSPS) is 17.5. The summed E-state index contributed by atoms with van der Waals surface area (Å²) in [5.41, 5.74) is 11.4. The average molecular weight is 186 g/mol. The van der Waals surface area contributed by atoms with Crippen LogP contribution in [0, 0.1) is 0 Å². The van der Waals surface area contributed by atoms with Gasteiger partial charge in [-0.3, -0.25) is 4.79 Å². The molecule has 0 unspecified atom stereocenters. The van der Waals surface area contributed by atoms with Crippen molar-refractivity contribution in [1.29, 1.82) is 0 Å². The number of nitrogens with zero attached hydrogens (tertiary/aromatic N) is 1. The highest BCUT2D eigenvalue weighted by Crippen LogP contribution is 2.06. The fraction of sp³-hybridized carbons (Fsp3) is 0.571. The maximum absolute atomic E-state index is 10.5. The quantitative estimate of drug-likeness (QED) is 0.479. The molecule has 0 radical (unpaired) electrons. The second-order valence-electron chi connectivity index (χ2n) is 2.86. The van der Waals surface area contributed by atoms with Gasteiger partial charge in [-0.25, -0.2) is 0 Å². The molecule has 5 N–H and O–H groups in total. The largest absolute Gasteiger partial charge is 0.384 e. The van der Waals surface area contributed by atoms with Crippen molar-refractivity contribution < 1.29 is 9.53 Å². The van der Waals surface area contributed by atoms with E-state index in [9.17, 15) is 4.79 Å². The molecule has 1 amide bonds. The molecule has 0 aromatic heterocycles. The van der Waals surface area contributed by atoms with Crippen LogP contribution in [0.2, 0.25) is 0 Å². The smallest absolute Gasteiger partial charge is 0.236 e. The summed E-state index contributed by atoms with van der Waals surface area (Å²) in [6, 6.07) is 0. The van der Waals surface area contributed by atoms with Gasteiger partial charge < -0.3 is 26.4 Å². The molecule has 1 rings (SSSR count). The maximum atomic E-state index is 10.5. The van der Waals surface area contributed by atoms with E-state index in [1.807, 2.05) is 0 Å². The Morgan fingerprint density at radius 1 is 1.77 bits per heavy atom. The zero-order valence-corrected chi connectivity index (χ0v) is 7.54. The van der Waals surface area contributed by atoms with Crippen molar-refractivity contribution >= 4 is 5.91 Å². The van der Waals surface area contributed by atoms with Gasteiger partial charge in [-0.05, 0) is 0 Å². The van der Waals surface area contributed by atoms with Crippen molar-refractivity contribution in [3.8, 4) is 0 Å². The third-order valence-electron chi connectivity index (χ3n) is 1.73. The van der Waals surface area contributed by atoms with Crippen LogP contribution in [0.25, 0.3) is 0 Å². The number of carbonyl (C=O) groups excluding carboxylic acids is 1. The molecule has 1 heterocycles. The van der Waals surface area contributed by atoms with Gasteiger partial charge in [-0.2, -0.15) is 0 Å². The number of amides is 1. The highest BCUT2D eigenvalue weighted by atomic mass is 16.5. The Kier molecular flexibility index (Phi) is 2.97. The van der Waals surface area contributed by atoms with Crippen LogP contribution in [0.15, 0.2) is 11.5 Å². The molecule has 0 aromatic carbocycles. The van der Waals surface area contributed by atoms with Crippen LogP contribution in [-0.4, -0.2) is 37.7 Å². The number of hydrogen-bond donors (Lipinski definition) is 3. The van der Waals surface area contributed by atoms with Crippen molar-refractivity contribution in [2.45, 2.75) is 0 Å². The van der Waals surface area contributed by atoms with Gasteiger partial charge in [0.25, 0.3) is 0 Å². The molecular formula is C7H14N4O2. The van der Waals surface area contributed by atoms with Gasteiger partial charge in [-0.15, -0.1) is 0 Å². The lowest BCUT2D eigenvalue weighted by Crippen LogP contribution is -2.39. The summed E-state index contributed by atoms with van der Waals surface area (Å²) in [4.78, 5) is 12.2. The van der Waals surface area contributed by atoms with E-state index in [2.05, 4.69) is 5.32 Å². The Labute approximate surface area is 76.5 Å². The first-order valence-corrected chi connectivity index (χ1v) is 3.91. The molecule has 0 fully saturated rings. The fourth-order valence-electron chi connectivity index (χ4n) is 0.994. The Morgan fingerprint density at radius 3 is 3.08 bits per heavy atom. The summed E-state index contributed by atoms with van der Waals surface area (Å²) < 4.78 is 5.17. The molecule has 0 atom stereocenters. The van der Waals surface area contributed by atoms with E-state index >= 15 is 0 Å². The molecule has 74 valence electrons. The number of hydrogen-bond acceptors (Lipinski definition) is 5. The fourth-order valence-corrected chi connectivity index (χ4v) is 0.994. The third-order valence-corrected chi connectivity index (χ3v) is 1.73. The van der Waals surface area contributed by atoms with Crippen molar-refractivity contribution in [3.05, 3.63) is 11.5 Å². The van der Waals surface area contributed by atoms with Gasteiger partial charge in [0, 0.05) is 7.05 Å². The molecule has 0 bridgehead atoms. The molecule has 0 spiro atoms. The van der Waals surface area contributed by atoms with Crippen molar-refractivity contribution in [1.82, 2.24) is 10.2 Å². The minimum absolute atomic E-state index is 0.0766. The number of nitrogens with two attached hydrogens (primary N) is 2. The van der Waals surface area contributed by atoms with E-state index in [-0.39, 0.29) is 6.54 Å². The number of ether oxygens (including phenoxy) is 1. The molecule has 13 heavy (non-hydrogen) atoms. The molecule has 0 saturated carbocycles. The van der Waals surface area contributed by atoms with Gasteiger partial charge >= 0.3 is 0 Å². The molecular weight excluding hydrogens is 172 g/mol. The van der Waals surface area contributed by atoms with E-state index in [0.717, 1.165) is 0 Å². The molecule has 0 aromatic rings. The van der Waals surface area contributed by atoms with Crippen LogP contribution in [0.1, 0.15) is 0 Å². The lowest BCUT2D eigenvalue weighted by Gasteiger charge is -2.27. The predicted molar refractivity (Wildman–Crippen MR) is 47.0 cm³/mol. The number of nitrogens with one attached hydrogen (secondary N) is 1. The van der Waals surface area contributed by atoms with Gasteiger partial charge in [0.15, 0.2) is 0 Å². The summed E-state index contributed by atoms with van der Waals surface area (Å²) in [5.74, 6) is 0.168. The Morgan fingerprint density at radius 2 is 2.46 bits per heavy atom. The Bertz CT molecular complexity index is 239. The minimum Gasteiger partial charge on any atom is -0.384 e. The van der Waals surface area contributed by atoms with E-state index in [1.54, 1.807) is 11.9 Å². The summed E-state index contributed by atoms with van der Waals surface area (Å²) in [7, 11) is 1.81. The molecule has 6 heteroatoms. The minimum atomic E-state index is -0.423. The highest BCUT2D eigenvalue weighted by Gasteiger charge is 2.14. The van der Waals surface area contributed by atoms with Crippen LogP contribution in [-0.2, 0) is 9.53 Å². The van der Waals surface area contributed by atoms with Crippen LogP contribution >= 0.6 is 0 Å². The first kappa shape index (κ1) is 9.66. The van der Waals surface area contributed by atoms with Crippen LogP contribution in [0.5, 0.6) is 0 Å². The SMILES string of the molecule is CN1COCC(NCC(N)=O)=C1N. The average Bonchev–Trinajstić information content (AvgIpc) is 2.07. The monoisotopic (exact) mass is 186 g/mol. The van der Waals surface area contributed by atoms with Crippen LogP contribution in [0.3, 0.4) is 0 Å². The number of rotatable bonds is 3. The lowest BCUT2D eigenvalue weighted by atomic mass is 10.4. The summed E-state index contributed by atoms with van der Waals surface area (Å²) in [6.07, 6.45) is 0. The third kappa shape index (κ3) is 2.51. The van der Waals surface area contributed by atoms with Crippen LogP contribution in [0.4, 0.5) is 0 Å². The second-order valence-corrected chi connectivity index (χ2v) is 2.86. The second kappa shape index (κ2) is 3.99. The standard InChI is InChI=1S/C7H14N4O2/c1-11-4-13-3-5(7(11)9)10-2-6(8)12/h10H,2-4,9H2,1H3,(H2,8,12). The van der Waals surface area contributed by atoms with E-state index in [4.69, 9.17) is 16.2 Å². The van der Waals surface area contributed by atoms with E-state index in [1.165, 1.54) is 0 Å². The molecule has 1 aliphatic heterocycles. The zero-order valence-electron chi connectivity index (χ0n) is 7.54. The van der Waals surface area contributed by atoms with Crippen molar-refractivity contribution in [3.63, 3.8) is 0 Å². The van der Waals surface area contributed by atoms with E-state index < -0.39 is 5.91 Å². The van der Waals surface area contributed by atoms with E-state index in [0.29, 0.717) is 24.9 Å². The van der Waals surface area contributed by atoms with Crippen LogP contribution < -0.4 is 16.8 Å². The zero-order chi connectivity index (χ0) is 9.84. The van der Waals surface area contributed by atoms with Gasteiger partial charge in [0.1, 0.15) is 12.6 Å². The molecule has 1 aliphatic rings. The highest BCUT2D eigenvalue weighted by molar-refractivity contribution is 5.76. The summed E-state index contributed by atoms with van der Waals surface area (Å²) >= 11 is 0. The Hall–Kier alpha value is -1.43. The van der Waals surface area contributed by atoms with Gasteiger partial charge in [0.05, 0.1) is 18.8 Å². The topological polar surface area (TPSA) is 93.6 Å². The predicted octanol–water partition coefficient (Wildman–Crippen LogP) is -1.89.